The molecule has 4 heterocycles. The van der Waals surface area contributed by atoms with Gasteiger partial charge in [0.1, 0.15) is 29.3 Å². The van der Waals surface area contributed by atoms with Crippen LogP contribution in [0.15, 0.2) is 24.3 Å². The third-order valence-electron chi connectivity index (χ3n) is 13.1. The van der Waals surface area contributed by atoms with Crippen LogP contribution in [-0.4, -0.2) is 113 Å². The third kappa shape index (κ3) is 8.46. The van der Waals surface area contributed by atoms with Gasteiger partial charge in [-0.15, -0.1) is 0 Å². The Morgan fingerprint density at radius 1 is 1.15 bits per heavy atom. The molecular formula is C42H53F4N5O10S. The zero-order valence-corrected chi connectivity index (χ0v) is 36.0. The number of nitrogens with one attached hydrogen (secondary N) is 2. The number of carbonyl (C=O) groups excluding carboxylic acids is 3. The fourth-order valence-corrected chi connectivity index (χ4v) is 10.5. The maximum Gasteiger partial charge on any atom is 0.411 e. The number of nitrogens with zero attached hydrogens (tertiary/aromatic N) is 3. The van der Waals surface area contributed by atoms with Gasteiger partial charge in [-0.3, -0.25) is 24.0 Å². The predicted octanol–water partition coefficient (Wildman–Crippen LogP) is 5.63. The molecule has 15 nitrogen and oxygen atoms in total. The predicted molar refractivity (Wildman–Crippen MR) is 215 cm³/mol. The highest BCUT2D eigenvalue weighted by molar-refractivity contribution is 7.91. The van der Waals surface area contributed by atoms with Crippen molar-refractivity contribution in [2.75, 3.05) is 20.3 Å². The lowest BCUT2D eigenvalue weighted by atomic mass is 9.82. The van der Waals surface area contributed by atoms with E-state index in [1.165, 1.54) is 19.2 Å². The van der Waals surface area contributed by atoms with E-state index in [0.29, 0.717) is 69.9 Å². The Bertz CT molecular complexity index is 2270. The number of rotatable bonds is 9. The molecule has 1 aromatic carbocycles. The molecule has 3 aliphatic heterocycles. The smallest absolute Gasteiger partial charge is 0.411 e. The first-order valence-corrected chi connectivity index (χ1v) is 22.6. The third-order valence-corrected chi connectivity index (χ3v) is 14.9. The quantitative estimate of drug-likeness (QED) is 0.209. The number of pyridine rings is 1. The Morgan fingerprint density at radius 2 is 1.87 bits per heavy atom. The maximum absolute atomic E-state index is 15.3. The average molecular weight is 896 g/mol. The summed E-state index contributed by atoms with van der Waals surface area (Å²) in [5.41, 5.74) is -4.16. The van der Waals surface area contributed by atoms with Crippen LogP contribution in [0.3, 0.4) is 0 Å². The molecule has 3 fully saturated rings. The van der Waals surface area contributed by atoms with Crippen molar-refractivity contribution in [1.82, 2.24) is 24.8 Å². The van der Waals surface area contributed by atoms with Crippen molar-refractivity contribution in [3.63, 3.8) is 0 Å². The lowest BCUT2D eigenvalue weighted by molar-refractivity contribution is -0.222. The summed E-state index contributed by atoms with van der Waals surface area (Å²) in [5, 5.41) is 13.3. The molecule has 1 aromatic heterocycles. The molecule has 1 saturated heterocycles. The minimum atomic E-state index is -5.13. The summed E-state index contributed by atoms with van der Waals surface area (Å²) < 4.78 is 105. The van der Waals surface area contributed by atoms with Gasteiger partial charge in [0, 0.05) is 23.3 Å². The van der Waals surface area contributed by atoms with Crippen LogP contribution in [-0.2, 0) is 30.8 Å². The van der Waals surface area contributed by atoms with Crippen molar-refractivity contribution in [2.45, 2.75) is 133 Å². The fraction of sp³-hybridized carbons (Fsp3) is 0.643. The van der Waals surface area contributed by atoms with Crippen molar-refractivity contribution in [3.05, 3.63) is 35.7 Å². The van der Waals surface area contributed by atoms with E-state index < -0.39 is 98.7 Å². The fourth-order valence-electron chi connectivity index (χ4n) is 9.17. The van der Waals surface area contributed by atoms with Gasteiger partial charge in [0.2, 0.25) is 33.6 Å². The minimum absolute atomic E-state index is 0.0184. The van der Waals surface area contributed by atoms with Gasteiger partial charge >= 0.3 is 12.3 Å². The lowest BCUT2D eigenvalue weighted by Crippen LogP contribution is -2.66. The number of sulfonamides is 1. The molecule has 0 unspecified atom stereocenters. The summed E-state index contributed by atoms with van der Waals surface area (Å²) in [7, 11) is -2.75. The first-order valence-electron chi connectivity index (χ1n) is 21.1. The SMILES string of the molecule is CC[C@@H]1C[C@H](C)CC/C=C\[C@@H]2C[C@@]2(C(=O)NS(=O)(=O)C2CC2)NC(=O)[C@@H]2C[C@@H](Oc3nc4c(c5cc(OC)c(F)cc35)CCCO4)CN2C(=O)[C@H]1N(C(=O)O)C(C)(C)C(F)(F)F. The first-order chi connectivity index (χ1) is 29.1. The van der Waals surface area contributed by atoms with Crippen molar-refractivity contribution < 1.29 is 64.5 Å². The second-order valence-electron chi connectivity index (χ2n) is 17.8. The van der Waals surface area contributed by atoms with Gasteiger partial charge in [0.15, 0.2) is 11.6 Å². The number of ether oxygens (including phenoxy) is 3. The standard InChI is InChI=1S/C42H53F4N5O10S/c1-6-23-16-22(2)10-7-8-11-24-20-41(24,38(54)49-62(57,58)26-13-14-26)48-34(52)31-17-25(21-50(31)37(53)33(23)51(39(55)56)40(3,4)42(44,45)46)61-36-29-18-30(43)32(59-5)19-28(29)27-12-9-15-60-35(27)47-36/h8,11,18-19,22-26,31,33H,6-7,9-10,12-17,20-21H2,1-5H3,(H,48,52)(H,49,54)(H,55,56)/b11-8-/t22-,23-,24-,25-,31+,33+,41-/m1/s1. The van der Waals surface area contributed by atoms with Crippen molar-refractivity contribution in [3.8, 4) is 17.5 Å². The molecule has 0 spiro atoms. The molecule has 0 radical (unpaired) electrons. The minimum Gasteiger partial charge on any atom is -0.494 e. The van der Waals surface area contributed by atoms with Crippen LogP contribution in [0.25, 0.3) is 10.8 Å². The van der Waals surface area contributed by atoms with Gasteiger partial charge in [0.05, 0.1) is 25.5 Å². The number of benzene rings is 1. The van der Waals surface area contributed by atoms with Gasteiger partial charge in [-0.05, 0) is 94.6 Å². The molecule has 340 valence electrons. The van der Waals surface area contributed by atoms with Crippen LogP contribution < -0.4 is 24.2 Å². The zero-order chi connectivity index (χ0) is 45.1. The summed E-state index contributed by atoms with van der Waals surface area (Å²) >= 11 is 0. The maximum atomic E-state index is 15.3. The molecule has 2 aromatic rings. The summed E-state index contributed by atoms with van der Waals surface area (Å²) in [6, 6.07) is -0.857. The number of allylic oxidation sites excluding steroid dienone is 1. The highest BCUT2D eigenvalue weighted by Gasteiger charge is 2.63. The summed E-state index contributed by atoms with van der Waals surface area (Å²) in [5.74, 6) is -5.51. The Kier molecular flexibility index (Phi) is 12.1. The number of amides is 4. The van der Waals surface area contributed by atoms with Crippen LogP contribution in [0.2, 0.25) is 0 Å². The summed E-state index contributed by atoms with van der Waals surface area (Å²) in [6.45, 7) is 4.73. The van der Waals surface area contributed by atoms with Gasteiger partial charge in [-0.2, -0.15) is 18.2 Å². The molecule has 62 heavy (non-hydrogen) atoms. The molecule has 0 bridgehead atoms. The first kappa shape index (κ1) is 45.2. The Hall–Kier alpha value is -4.88. The monoisotopic (exact) mass is 895 g/mol. The molecule has 3 N–H and O–H groups in total. The number of fused-ring (bicyclic) bond motifs is 5. The van der Waals surface area contributed by atoms with E-state index in [1.807, 2.05) is 6.92 Å². The van der Waals surface area contributed by atoms with Crippen LogP contribution in [0.4, 0.5) is 22.4 Å². The van der Waals surface area contributed by atoms with E-state index in [2.05, 4.69) is 15.0 Å². The van der Waals surface area contributed by atoms with Gasteiger partial charge < -0.3 is 29.5 Å². The molecule has 2 aliphatic carbocycles. The van der Waals surface area contributed by atoms with Crippen molar-refractivity contribution in [1.29, 1.82) is 0 Å². The number of carbonyl (C=O) groups is 4. The number of aromatic nitrogens is 1. The van der Waals surface area contributed by atoms with Crippen LogP contribution >= 0.6 is 0 Å². The topological polar surface area (TPSA) is 194 Å². The normalized spacial score (nSPS) is 28.8. The number of alkyl halides is 3. The Balaban J connectivity index is 1.33. The number of hydrogen-bond donors (Lipinski definition) is 3. The number of halogens is 4. The Labute approximate surface area is 356 Å². The lowest BCUT2D eigenvalue weighted by Gasteiger charge is -2.46. The molecular weight excluding hydrogens is 843 g/mol. The molecule has 2 saturated carbocycles. The van der Waals surface area contributed by atoms with Crippen molar-refractivity contribution in [2.24, 2.45) is 17.8 Å². The van der Waals surface area contributed by atoms with E-state index in [1.54, 1.807) is 19.1 Å². The van der Waals surface area contributed by atoms with Crippen LogP contribution in [0, 0.1) is 23.6 Å². The second-order valence-corrected chi connectivity index (χ2v) is 19.7. The Morgan fingerprint density at radius 3 is 2.52 bits per heavy atom. The molecule has 4 amide bonds. The van der Waals surface area contributed by atoms with Gasteiger partial charge in [-0.1, -0.05) is 32.4 Å². The second kappa shape index (κ2) is 16.7. The van der Waals surface area contributed by atoms with Gasteiger partial charge in [-0.25, -0.2) is 17.6 Å². The van der Waals surface area contributed by atoms with Gasteiger partial charge in [0.25, 0.3) is 5.91 Å². The summed E-state index contributed by atoms with van der Waals surface area (Å²) in [4.78, 5) is 62.6. The van der Waals surface area contributed by atoms with Crippen molar-refractivity contribution >= 4 is 44.6 Å². The molecule has 20 heteroatoms. The number of methoxy groups -OCH3 is 1. The van der Waals surface area contributed by atoms with Crippen LogP contribution in [0.5, 0.6) is 17.5 Å². The van der Waals surface area contributed by atoms with E-state index in [-0.39, 0.29) is 59.4 Å². The summed E-state index contributed by atoms with van der Waals surface area (Å²) in [6.07, 6.45) is -1.97. The molecule has 5 aliphatic rings. The van der Waals surface area contributed by atoms with Crippen LogP contribution in [0.1, 0.15) is 91.0 Å². The highest BCUT2D eigenvalue weighted by atomic mass is 32.2. The number of hydrogen-bond acceptors (Lipinski definition) is 10. The van der Waals surface area contributed by atoms with E-state index in [0.717, 1.165) is 4.90 Å². The molecule has 7 rings (SSSR count). The largest absolute Gasteiger partial charge is 0.494 e. The van der Waals surface area contributed by atoms with E-state index in [4.69, 9.17) is 14.2 Å². The number of aryl methyl sites for hydroxylation is 1. The van der Waals surface area contributed by atoms with E-state index >= 15 is 9.18 Å². The van der Waals surface area contributed by atoms with E-state index in [9.17, 15) is 41.1 Å². The highest BCUT2D eigenvalue weighted by Crippen LogP contribution is 2.47. The zero-order valence-electron chi connectivity index (χ0n) is 35.2. The molecule has 7 atom stereocenters. The number of carboxylic acid groups (broad SMARTS) is 1. The average Bonchev–Trinajstić information content (AvgIpc) is 4.13.